The molecule has 88 valence electrons. The Morgan fingerprint density at radius 1 is 1.24 bits per heavy atom. The number of methoxy groups -OCH3 is 1. The maximum absolute atomic E-state index is 12.8. The summed E-state index contributed by atoms with van der Waals surface area (Å²) in [4.78, 5) is 8.10. The predicted octanol–water partition coefficient (Wildman–Crippen LogP) is 2.48. The van der Waals surface area contributed by atoms with Gasteiger partial charge in [0.1, 0.15) is 9.39 Å². The number of anilines is 1. The maximum Gasteiger partial charge on any atom is 0.232 e. The fourth-order valence-electron chi connectivity index (χ4n) is 1.38. The molecule has 0 radical (unpaired) electrons. The molecule has 1 heterocycles. The quantitative estimate of drug-likeness (QED) is 0.850. The Hall–Kier alpha value is -1.44. The normalized spacial score (nSPS) is 10.3. The Bertz CT molecular complexity index is 545. The Morgan fingerprint density at radius 3 is 2.47 bits per heavy atom. The van der Waals surface area contributed by atoms with Crippen LogP contribution in [-0.4, -0.2) is 17.1 Å². The SMILES string of the molecule is COc1nc(N)nc(-c2ccc(F)cc2)c1I. The molecule has 0 aliphatic carbocycles. The van der Waals surface area contributed by atoms with Gasteiger partial charge >= 0.3 is 0 Å². The first-order valence-corrected chi connectivity index (χ1v) is 5.82. The lowest BCUT2D eigenvalue weighted by molar-refractivity contribution is 0.394. The number of hydrogen-bond donors (Lipinski definition) is 1. The number of nitrogen functional groups attached to an aromatic ring is 1. The van der Waals surface area contributed by atoms with Crippen LogP contribution in [0.15, 0.2) is 24.3 Å². The molecule has 1 aromatic heterocycles. The van der Waals surface area contributed by atoms with Crippen LogP contribution in [0.4, 0.5) is 10.3 Å². The number of benzene rings is 1. The molecule has 0 aliphatic heterocycles. The Labute approximate surface area is 111 Å². The van der Waals surface area contributed by atoms with E-state index in [-0.39, 0.29) is 11.8 Å². The molecular weight excluding hydrogens is 336 g/mol. The molecular formula is C11H9FIN3O. The van der Waals surface area contributed by atoms with Crippen molar-refractivity contribution in [1.29, 1.82) is 0 Å². The fraction of sp³-hybridized carbons (Fsp3) is 0.0909. The number of nitrogens with zero attached hydrogens (tertiary/aromatic N) is 2. The smallest absolute Gasteiger partial charge is 0.232 e. The Morgan fingerprint density at radius 2 is 1.88 bits per heavy atom. The standard InChI is InChI=1S/C11H9FIN3O/c1-17-10-8(13)9(15-11(14)16-10)6-2-4-7(12)5-3-6/h2-5H,1H3,(H2,14,15,16). The number of halogens is 2. The van der Waals surface area contributed by atoms with E-state index in [1.54, 1.807) is 12.1 Å². The molecule has 6 heteroatoms. The molecule has 0 unspecified atom stereocenters. The first kappa shape index (κ1) is 12.0. The summed E-state index contributed by atoms with van der Waals surface area (Å²) in [7, 11) is 1.51. The predicted molar refractivity (Wildman–Crippen MR) is 71.1 cm³/mol. The maximum atomic E-state index is 12.8. The number of ether oxygens (including phenoxy) is 1. The average Bonchev–Trinajstić information content (AvgIpc) is 2.33. The van der Waals surface area contributed by atoms with E-state index in [4.69, 9.17) is 10.5 Å². The molecule has 0 atom stereocenters. The van der Waals surface area contributed by atoms with Crippen molar-refractivity contribution >= 4 is 28.5 Å². The zero-order valence-electron chi connectivity index (χ0n) is 8.95. The lowest BCUT2D eigenvalue weighted by Gasteiger charge is -2.08. The molecule has 2 N–H and O–H groups in total. The summed E-state index contributed by atoms with van der Waals surface area (Å²) < 4.78 is 18.7. The summed E-state index contributed by atoms with van der Waals surface area (Å²) >= 11 is 2.07. The van der Waals surface area contributed by atoms with Crippen molar-refractivity contribution in [1.82, 2.24) is 9.97 Å². The Balaban J connectivity index is 2.58. The molecule has 0 saturated carbocycles. The van der Waals surface area contributed by atoms with E-state index in [1.807, 2.05) is 0 Å². The second-order valence-corrected chi connectivity index (χ2v) is 4.34. The van der Waals surface area contributed by atoms with Gasteiger partial charge in [-0.1, -0.05) is 0 Å². The van der Waals surface area contributed by atoms with Gasteiger partial charge in [-0.25, -0.2) is 9.37 Å². The third-order valence-electron chi connectivity index (χ3n) is 2.15. The van der Waals surface area contributed by atoms with Crippen molar-refractivity contribution in [3.05, 3.63) is 33.7 Å². The molecule has 2 rings (SSSR count). The van der Waals surface area contributed by atoms with Crippen LogP contribution in [-0.2, 0) is 0 Å². The molecule has 0 fully saturated rings. The van der Waals surface area contributed by atoms with Crippen LogP contribution >= 0.6 is 22.6 Å². The highest BCUT2D eigenvalue weighted by atomic mass is 127. The topological polar surface area (TPSA) is 61.0 Å². The van der Waals surface area contributed by atoms with Crippen LogP contribution < -0.4 is 10.5 Å². The van der Waals surface area contributed by atoms with Crippen LogP contribution in [0.25, 0.3) is 11.3 Å². The van der Waals surface area contributed by atoms with Gasteiger partial charge in [0.2, 0.25) is 11.8 Å². The van der Waals surface area contributed by atoms with E-state index in [0.717, 1.165) is 9.13 Å². The van der Waals surface area contributed by atoms with E-state index in [2.05, 4.69) is 32.6 Å². The van der Waals surface area contributed by atoms with Crippen LogP contribution in [0.3, 0.4) is 0 Å². The van der Waals surface area contributed by atoms with E-state index in [1.165, 1.54) is 19.2 Å². The zero-order chi connectivity index (χ0) is 12.4. The van der Waals surface area contributed by atoms with Gasteiger partial charge in [-0.15, -0.1) is 0 Å². The van der Waals surface area contributed by atoms with Crippen LogP contribution in [0.1, 0.15) is 0 Å². The van der Waals surface area contributed by atoms with E-state index in [9.17, 15) is 4.39 Å². The lowest BCUT2D eigenvalue weighted by Crippen LogP contribution is -2.02. The summed E-state index contributed by atoms with van der Waals surface area (Å²) in [5.41, 5.74) is 6.99. The summed E-state index contributed by atoms with van der Waals surface area (Å²) in [6.07, 6.45) is 0. The van der Waals surface area contributed by atoms with E-state index < -0.39 is 0 Å². The highest BCUT2D eigenvalue weighted by molar-refractivity contribution is 14.1. The molecule has 2 aromatic rings. The highest BCUT2D eigenvalue weighted by Gasteiger charge is 2.13. The zero-order valence-corrected chi connectivity index (χ0v) is 11.1. The van der Waals surface area contributed by atoms with Gasteiger partial charge in [0.25, 0.3) is 0 Å². The number of rotatable bonds is 2. The van der Waals surface area contributed by atoms with Crippen molar-refractivity contribution in [2.24, 2.45) is 0 Å². The van der Waals surface area contributed by atoms with Crippen LogP contribution in [0, 0.1) is 9.39 Å². The van der Waals surface area contributed by atoms with Crippen molar-refractivity contribution in [2.45, 2.75) is 0 Å². The summed E-state index contributed by atoms with van der Waals surface area (Å²) in [5.74, 6) is 0.247. The minimum absolute atomic E-state index is 0.126. The Kier molecular flexibility index (Phi) is 3.41. The minimum Gasteiger partial charge on any atom is -0.480 e. The molecule has 0 amide bonds. The van der Waals surface area contributed by atoms with Gasteiger partial charge in [-0.05, 0) is 46.9 Å². The molecule has 0 bridgehead atoms. The van der Waals surface area contributed by atoms with Crippen molar-refractivity contribution in [3.8, 4) is 17.1 Å². The van der Waals surface area contributed by atoms with Crippen LogP contribution in [0.5, 0.6) is 5.88 Å². The monoisotopic (exact) mass is 345 g/mol. The molecule has 0 saturated heterocycles. The third-order valence-corrected chi connectivity index (χ3v) is 3.12. The minimum atomic E-state index is -0.294. The van der Waals surface area contributed by atoms with Crippen LogP contribution in [0.2, 0.25) is 0 Å². The van der Waals surface area contributed by atoms with Crippen molar-refractivity contribution in [2.75, 3.05) is 12.8 Å². The fourth-order valence-corrected chi connectivity index (χ4v) is 2.15. The molecule has 0 aliphatic rings. The summed E-state index contributed by atoms with van der Waals surface area (Å²) in [5, 5.41) is 0. The van der Waals surface area contributed by atoms with Gasteiger partial charge in [0, 0.05) is 5.56 Å². The number of hydrogen-bond acceptors (Lipinski definition) is 4. The molecule has 17 heavy (non-hydrogen) atoms. The average molecular weight is 345 g/mol. The second kappa shape index (κ2) is 4.82. The van der Waals surface area contributed by atoms with E-state index >= 15 is 0 Å². The summed E-state index contributed by atoms with van der Waals surface area (Å²) in [6, 6.07) is 6.02. The van der Waals surface area contributed by atoms with Crippen molar-refractivity contribution in [3.63, 3.8) is 0 Å². The van der Waals surface area contributed by atoms with Crippen molar-refractivity contribution < 1.29 is 9.13 Å². The molecule has 0 spiro atoms. The van der Waals surface area contributed by atoms with Gasteiger partial charge in [0.15, 0.2) is 0 Å². The first-order chi connectivity index (χ1) is 8.11. The van der Waals surface area contributed by atoms with Gasteiger partial charge in [-0.2, -0.15) is 4.98 Å². The summed E-state index contributed by atoms with van der Waals surface area (Å²) in [6.45, 7) is 0. The third kappa shape index (κ3) is 2.46. The lowest BCUT2D eigenvalue weighted by atomic mass is 10.1. The van der Waals surface area contributed by atoms with E-state index in [0.29, 0.717) is 11.6 Å². The largest absolute Gasteiger partial charge is 0.480 e. The second-order valence-electron chi connectivity index (χ2n) is 3.26. The van der Waals surface area contributed by atoms with Gasteiger partial charge in [-0.3, -0.25) is 0 Å². The molecule has 1 aromatic carbocycles. The highest BCUT2D eigenvalue weighted by Crippen LogP contribution is 2.29. The van der Waals surface area contributed by atoms with Gasteiger partial charge < -0.3 is 10.5 Å². The number of nitrogens with two attached hydrogens (primary N) is 1. The number of aromatic nitrogens is 2. The van der Waals surface area contributed by atoms with Gasteiger partial charge in [0.05, 0.1) is 12.8 Å². The molecule has 4 nitrogen and oxygen atoms in total. The first-order valence-electron chi connectivity index (χ1n) is 4.74.